The summed E-state index contributed by atoms with van der Waals surface area (Å²) in [5.41, 5.74) is 1.22. The first-order valence-electron chi connectivity index (χ1n) is 5.02. The Morgan fingerprint density at radius 1 is 1.21 bits per heavy atom. The Morgan fingerprint density at radius 2 is 1.79 bits per heavy atom. The van der Waals surface area contributed by atoms with Crippen molar-refractivity contribution >= 4 is 0 Å². The Morgan fingerprint density at radius 3 is 2.14 bits per heavy atom. The van der Waals surface area contributed by atoms with Crippen LogP contribution in [0.3, 0.4) is 0 Å². The predicted molar refractivity (Wildman–Crippen MR) is 59.4 cm³/mol. The first-order valence-corrected chi connectivity index (χ1v) is 5.02. The summed E-state index contributed by atoms with van der Waals surface area (Å²) in [5.74, 6) is 0.991. The summed E-state index contributed by atoms with van der Waals surface area (Å²) < 4.78 is 0. The highest BCUT2D eigenvalue weighted by Gasteiger charge is 2.24. The number of imidazole rings is 1. The van der Waals surface area contributed by atoms with Gasteiger partial charge in [-0.05, 0) is 20.9 Å². The molecule has 1 heterocycles. The molecule has 0 spiro atoms. The van der Waals surface area contributed by atoms with E-state index in [0.29, 0.717) is 0 Å². The van der Waals surface area contributed by atoms with E-state index in [1.54, 1.807) is 0 Å². The standard InChI is InChI=1S/C11H21N3/c1-10(2,3)8-7-13-9(14-8)11(4,5)12-6/h7,12H,1-6H3,(H,13,14). The third-order valence-corrected chi connectivity index (χ3v) is 2.60. The van der Waals surface area contributed by atoms with Crippen molar-refractivity contribution in [3.05, 3.63) is 17.7 Å². The number of hydrogen-bond donors (Lipinski definition) is 2. The van der Waals surface area contributed by atoms with Gasteiger partial charge in [0, 0.05) is 17.3 Å². The topological polar surface area (TPSA) is 40.7 Å². The van der Waals surface area contributed by atoms with Gasteiger partial charge >= 0.3 is 0 Å². The number of aromatic amines is 1. The fourth-order valence-corrected chi connectivity index (χ4v) is 1.14. The van der Waals surface area contributed by atoms with Crippen molar-refractivity contribution in [1.29, 1.82) is 0 Å². The number of hydrogen-bond acceptors (Lipinski definition) is 2. The quantitative estimate of drug-likeness (QED) is 0.759. The molecule has 2 N–H and O–H groups in total. The Kier molecular flexibility index (Phi) is 2.72. The highest BCUT2D eigenvalue weighted by atomic mass is 15.0. The van der Waals surface area contributed by atoms with Gasteiger partial charge in [-0.1, -0.05) is 20.8 Å². The molecule has 0 saturated heterocycles. The van der Waals surface area contributed by atoms with E-state index >= 15 is 0 Å². The number of H-pyrrole nitrogens is 1. The molecule has 1 aromatic rings. The van der Waals surface area contributed by atoms with E-state index in [4.69, 9.17) is 0 Å². The van der Waals surface area contributed by atoms with E-state index in [-0.39, 0.29) is 11.0 Å². The largest absolute Gasteiger partial charge is 0.344 e. The molecule has 80 valence electrons. The summed E-state index contributed by atoms with van der Waals surface area (Å²) in [4.78, 5) is 7.78. The van der Waals surface area contributed by atoms with Crippen LogP contribution in [0.2, 0.25) is 0 Å². The lowest BCUT2D eigenvalue weighted by Crippen LogP contribution is -2.34. The van der Waals surface area contributed by atoms with Gasteiger partial charge in [0.05, 0.1) is 5.54 Å². The van der Waals surface area contributed by atoms with E-state index in [1.165, 1.54) is 5.69 Å². The maximum atomic E-state index is 4.41. The molecule has 0 aromatic carbocycles. The highest BCUT2D eigenvalue weighted by molar-refractivity contribution is 5.15. The van der Waals surface area contributed by atoms with Gasteiger partial charge in [0.15, 0.2) is 0 Å². The molecule has 3 heteroatoms. The Hall–Kier alpha value is -0.830. The lowest BCUT2D eigenvalue weighted by molar-refractivity contribution is 0.418. The van der Waals surface area contributed by atoms with Gasteiger partial charge in [-0.3, -0.25) is 0 Å². The van der Waals surface area contributed by atoms with Gasteiger partial charge in [-0.2, -0.15) is 0 Å². The van der Waals surface area contributed by atoms with E-state index in [9.17, 15) is 0 Å². The summed E-state index contributed by atoms with van der Waals surface area (Å²) in [6.45, 7) is 10.8. The Balaban J connectivity index is 3.00. The Bertz CT molecular complexity index is 305. The summed E-state index contributed by atoms with van der Waals surface area (Å²) >= 11 is 0. The summed E-state index contributed by atoms with van der Waals surface area (Å²) in [7, 11) is 1.94. The Labute approximate surface area is 86.3 Å². The number of aromatic nitrogens is 2. The van der Waals surface area contributed by atoms with Crippen molar-refractivity contribution in [3.63, 3.8) is 0 Å². The monoisotopic (exact) mass is 195 g/mol. The number of nitrogens with one attached hydrogen (secondary N) is 2. The minimum Gasteiger partial charge on any atom is -0.344 e. The molecule has 0 saturated carbocycles. The molecule has 0 unspecified atom stereocenters. The van der Waals surface area contributed by atoms with Crippen LogP contribution in [0.5, 0.6) is 0 Å². The zero-order chi connectivity index (χ0) is 11.0. The molecule has 14 heavy (non-hydrogen) atoms. The highest BCUT2D eigenvalue weighted by Crippen LogP contribution is 2.23. The minimum absolute atomic E-state index is 0.0937. The van der Waals surface area contributed by atoms with Crippen molar-refractivity contribution in [2.24, 2.45) is 0 Å². The second kappa shape index (κ2) is 3.39. The third-order valence-electron chi connectivity index (χ3n) is 2.60. The molecule has 0 aliphatic carbocycles. The van der Waals surface area contributed by atoms with Crippen molar-refractivity contribution in [2.45, 2.75) is 45.6 Å². The van der Waals surface area contributed by atoms with E-state index < -0.39 is 0 Å². The molecule has 1 rings (SSSR count). The first-order chi connectivity index (χ1) is 6.27. The van der Waals surface area contributed by atoms with Crippen molar-refractivity contribution in [2.75, 3.05) is 7.05 Å². The normalized spacial score (nSPS) is 13.3. The zero-order valence-corrected chi connectivity index (χ0v) is 10.0. The molecule has 0 radical (unpaired) electrons. The van der Waals surface area contributed by atoms with Crippen LogP contribution in [0, 0.1) is 0 Å². The minimum atomic E-state index is -0.0937. The van der Waals surface area contributed by atoms with Gasteiger partial charge in [-0.15, -0.1) is 0 Å². The smallest absolute Gasteiger partial charge is 0.126 e. The van der Waals surface area contributed by atoms with Crippen molar-refractivity contribution in [3.8, 4) is 0 Å². The lowest BCUT2D eigenvalue weighted by Gasteiger charge is -2.22. The van der Waals surface area contributed by atoms with Gasteiger partial charge in [0.2, 0.25) is 0 Å². The molecule has 3 nitrogen and oxygen atoms in total. The number of rotatable bonds is 2. The van der Waals surface area contributed by atoms with Crippen molar-refractivity contribution in [1.82, 2.24) is 15.3 Å². The maximum absolute atomic E-state index is 4.41. The van der Waals surface area contributed by atoms with Gasteiger partial charge < -0.3 is 10.3 Å². The van der Waals surface area contributed by atoms with Crippen LogP contribution in [0.15, 0.2) is 6.20 Å². The third kappa shape index (κ3) is 2.15. The van der Waals surface area contributed by atoms with Crippen LogP contribution in [0.25, 0.3) is 0 Å². The van der Waals surface area contributed by atoms with E-state index in [1.807, 2.05) is 13.2 Å². The SMILES string of the molecule is CNC(C)(C)c1ncc(C(C)(C)C)[nH]1. The second-order valence-electron chi connectivity index (χ2n) is 5.27. The van der Waals surface area contributed by atoms with Crippen LogP contribution in [-0.4, -0.2) is 17.0 Å². The van der Waals surface area contributed by atoms with Crippen LogP contribution < -0.4 is 5.32 Å². The molecular formula is C11H21N3. The van der Waals surface area contributed by atoms with Crippen LogP contribution >= 0.6 is 0 Å². The van der Waals surface area contributed by atoms with E-state index in [0.717, 1.165) is 5.82 Å². The predicted octanol–water partition coefficient (Wildman–Crippen LogP) is 2.16. The fraction of sp³-hybridized carbons (Fsp3) is 0.727. The average molecular weight is 195 g/mol. The van der Waals surface area contributed by atoms with Crippen LogP contribution in [0.1, 0.15) is 46.1 Å². The van der Waals surface area contributed by atoms with Crippen LogP contribution in [-0.2, 0) is 11.0 Å². The van der Waals surface area contributed by atoms with Crippen molar-refractivity contribution < 1.29 is 0 Å². The van der Waals surface area contributed by atoms with E-state index in [2.05, 4.69) is 49.9 Å². The fourth-order valence-electron chi connectivity index (χ4n) is 1.14. The molecule has 0 atom stereocenters. The number of nitrogens with zero attached hydrogens (tertiary/aromatic N) is 1. The summed E-state index contributed by atoms with van der Waals surface area (Å²) in [6.07, 6.45) is 1.93. The van der Waals surface area contributed by atoms with Gasteiger partial charge in [0.25, 0.3) is 0 Å². The molecule has 0 aliphatic rings. The molecule has 0 bridgehead atoms. The molecule has 0 amide bonds. The zero-order valence-electron chi connectivity index (χ0n) is 10.0. The molecule has 0 fully saturated rings. The second-order valence-corrected chi connectivity index (χ2v) is 5.27. The molecule has 1 aromatic heterocycles. The maximum Gasteiger partial charge on any atom is 0.126 e. The molecular weight excluding hydrogens is 174 g/mol. The van der Waals surface area contributed by atoms with Crippen LogP contribution in [0.4, 0.5) is 0 Å². The first kappa shape index (κ1) is 11.2. The summed E-state index contributed by atoms with van der Waals surface area (Å²) in [6, 6.07) is 0. The average Bonchev–Trinajstić information content (AvgIpc) is 2.51. The lowest BCUT2D eigenvalue weighted by atomic mass is 9.93. The summed E-state index contributed by atoms with van der Waals surface area (Å²) in [5, 5.41) is 3.23. The van der Waals surface area contributed by atoms with Gasteiger partial charge in [-0.25, -0.2) is 4.98 Å². The van der Waals surface area contributed by atoms with Gasteiger partial charge in [0.1, 0.15) is 5.82 Å². The molecule has 0 aliphatic heterocycles.